The number of nitro benzene ring substituents is 1. The Labute approximate surface area is 236 Å². The number of nitro groups is 1. The zero-order valence-corrected chi connectivity index (χ0v) is 23.0. The summed E-state index contributed by atoms with van der Waals surface area (Å²) in [7, 11) is 0. The monoisotopic (exact) mass is 559 g/mol. The molecular weight excluding hydrogens is 530 g/mol. The zero-order chi connectivity index (χ0) is 28.2. The SMILES string of the molecule is CCC(C)c1ccc2oc(-c3ccc(NC(=S)NC(=O)c4cc([N+](=O)[O-])ccc4N4CCOCC4)cc3)nc2c1. The number of nitrogens with zero attached hydrogens (tertiary/aromatic N) is 3. The maximum absolute atomic E-state index is 13.2. The number of amides is 1. The highest BCUT2D eigenvalue weighted by atomic mass is 32.1. The Balaban J connectivity index is 1.28. The first-order valence-electron chi connectivity index (χ1n) is 13.1. The molecule has 1 amide bonds. The number of fused-ring (bicyclic) bond motifs is 1. The van der Waals surface area contributed by atoms with Crippen LogP contribution in [0.4, 0.5) is 17.1 Å². The van der Waals surface area contributed by atoms with E-state index < -0.39 is 10.8 Å². The number of benzene rings is 3. The molecule has 206 valence electrons. The number of carbonyl (C=O) groups is 1. The minimum absolute atomic E-state index is 0.0663. The summed E-state index contributed by atoms with van der Waals surface area (Å²) in [5.41, 5.74) is 4.81. The Morgan fingerprint density at radius 3 is 2.58 bits per heavy atom. The molecule has 2 N–H and O–H groups in total. The summed E-state index contributed by atoms with van der Waals surface area (Å²) in [5, 5.41) is 17.1. The van der Waals surface area contributed by atoms with Gasteiger partial charge in [-0.05, 0) is 72.6 Å². The van der Waals surface area contributed by atoms with E-state index in [0.29, 0.717) is 49.5 Å². The second-order valence-corrected chi connectivity index (χ2v) is 10.0. The molecular formula is C29H29N5O5S. The van der Waals surface area contributed by atoms with E-state index in [-0.39, 0.29) is 16.4 Å². The second-order valence-electron chi connectivity index (χ2n) is 9.60. The lowest BCUT2D eigenvalue weighted by atomic mass is 9.98. The molecule has 0 aliphatic carbocycles. The molecule has 0 bridgehead atoms. The van der Waals surface area contributed by atoms with Gasteiger partial charge in [-0.25, -0.2) is 4.98 Å². The highest BCUT2D eigenvalue weighted by Crippen LogP contribution is 2.29. The fourth-order valence-electron chi connectivity index (χ4n) is 4.54. The van der Waals surface area contributed by atoms with E-state index in [9.17, 15) is 14.9 Å². The number of nitrogens with one attached hydrogen (secondary N) is 2. The van der Waals surface area contributed by atoms with Gasteiger partial charge in [0.2, 0.25) is 5.89 Å². The average molecular weight is 560 g/mol. The van der Waals surface area contributed by atoms with E-state index in [2.05, 4.69) is 41.6 Å². The highest BCUT2D eigenvalue weighted by Gasteiger charge is 2.23. The van der Waals surface area contributed by atoms with Crippen LogP contribution in [0.5, 0.6) is 0 Å². The number of hydrogen-bond acceptors (Lipinski definition) is 8. The smallest absolute Gasteiger partial charge is 0.270 e. The predicted molar refractivity (Wildman–Crippen MR) is 158 cm³/mol. The molecule has 1 aliphatic heterocycles. The molecule has 1 atom stereocenters. The number of thiocarbonyl (C=S) groups is 1. The number of morpholine rings is 1. The molecule has 1 aliphatic rings. The summed E-state index contributed by atoms with van der Waals surface area (Å²) < 4.78 is 11.4. The standard InChI is InChI=1S/C29H29N5O5S/c1-3-18(2)20-6-11-26-24(16-20)31-28(39-26)19-4-7-21(8-5-19)30-29(40)32-27(35)23-17-22(34(36)37)9-10-25(23)33-12-14-38-15-13-33/h4-11,16-18H,3,12-15H2,1-2H3,(H2,30,32,35,40). The second kappa shape index (κ2) is 11.8. The Morgan fingerprint density at radius 1 is 1.12 bits per heavy atom. The molecule has 5 rings (SSSR count). The predicted octanol–water partition coefficient (Wildman–Crippen LogP) is 5.88. The molecule has 3 aromatic carbocycles. The van der Waals surface area contributed by atoms with Crippen molar-refractivity contribution in [3.05, 3.63) is 81.9 Å². The van der Waals surface area contributed by atoms with Crippen LogP contribution in [-0.2, 0) is 4.74 Å². The minimum atomic E-state index is -0.539. The van der Waals surface area contributed by atoms with Crippen LogP contribution in [0.25, 0.3) is 22.6 Å². The largest absolute Gasteiger partial charge is 0.436 e. The van der Waals surface area contributed by atoms with Crippen molar-refractivity contribution in [1.82, 2.24) is 10.3 Å². The molecule has 40 heavy (non-hydrogen) atoms. The summed E-state index contributed by atoms with van der Waals surface area (Å²) >= 11 is 5.37. The summed E-state index contributed by atoms with van der Waals surface area (Å²) in [6.07, 6.45) is 1.05. The van der Waals surface area contributed by atoms with E-state index in [0.717, 1.165) is 23.1 Å². The Kier molecular flexibility index (Phi) is 8.04. The third kappa shape index (κ3) is 5.95. The number of hydrogen-bond donors (Lipinski definition) is 2. The number of rotatable bonds is 7. The van der Waals surface area contributed by atoms with Gasteiger partial charge in [0.05, 0.1) is 29.4 Å². The maximum Gasteiger partial charge on any atom is 0.270 e. The average Bonchev–Trinajstić information content (AvgIpc) is 3.40. The van der Waals surface area contributed by atoms with Crippen LogP contribution < -0.4 is 15.5 Å². The van der Waals surface area contributed by atoms with Gasteiger partial charge < -0.3 is 19.4 Å². The molecule has 1 unspecified atom stereocenters. The van der Waals surface area contributed by atoms with Crippen molar-refractivity contribution in [1.29, 1.82) is 0 Å². The summed E-state index contributed by atoms with van der Waals surface area (Å²) in [5.74, 6) is 0.421. The molecule has 1 fully saturated rings. The Hall–Kier alpha value is -4.35. The van der Waals surface area contributed by atoms with Gasteiger partial charge in [0.15, 0.2) is 10.7 Å². The van der Waals surface area contributed by atoms with Crippen LogP contribution in [0.1, 0.15) is 42.1 Å². The van der Waals surface area contributed by atoms with Crippen molar-refractivity contribution in [3.8, 4) is 11.5 Å². The fourth-order valence-corrected chi connectivity index (χ4v) is 4.75. The van der Waals surface area contributed by atoms with Crippen molar-refractivity contribution in [2.45, 2.75) is 26.2 Å². The minimum Gasteiger partial charge on any atom is -0.436 e. The van der Waals surface area contributed by atoms with Crippen molar-refractivity contribution in [2.75, 3.05) is 36.5 Å². The number of oxazole rings is 1. The first kappa shape index (κ1) is 27.2. The Bertz CT molecular complexity index is 1560. The number of aromatic nitrogens is 1. The Morgan fingerprint density at radius 2 is 1.88 bits per heavy atom. The summed E-state index contributed by atoms with van der Waals surface area (Å²) in [6.45, 7) is 6.52. The normalized spacial score (nSPS) is 14.1. The molecule has 1 aromatic heterocycles. The summed E-state index contributed by atoms with van der Waals surface area (Å²) in [4.78, 5) is 30.6. The third-order valence-corrected chi connectivity index (χ3v) is 7.20. The van der Waals surface area contributed by atoms with Gasteiger partial charge in [0, 0.05) is 36.5 Å². The quantitative estimate of drug-likeness (QED) is 0.162. The number of carbonyl (C=O) groups excluding carboxylic acids is 1. The maximum atomic E-state index is 13.2. The van der Waals surface area contributed by atoms with Crippen LogP contribution in [-0.4, -0.2) is 47.2 Å². The van der Waals surface area contributed by atoms with E-state index >= 15 is 0 Å². The molecule has 0 spiro atoms. The van der Waals surface area contributed by atoms with Crippen LogP contribution >= 0.6 is 12.2 Å². The van der Waals surface area contributed by atoms with Crippen molar-refractivity contribution < 1.29 is 18.9 Å². The highest BCUT2D eigenvalue weighted by molar-refractivity contribution is 7.80. The van der Waals surface area contributed by atoms with Gasteiger partial charge in [-0.3, -0.25) is 20.2 Å². The topological polar surface area (TPSA) is 123 Å². The van der Waals surface area contributed by atoms with Crippen LogP contribution in [0.2, 0.25) is 0 Å². The number of non-ortho nitro benzene ring substituents is 1. The van der Waals surface area contributed by atoms with Crippen molar-refractivity contribution >= 4 is 51.4 Å². The lowest BCUT2D eigenvalue weighted by Gasteiger charge is -2.30. The van der Waals surface area contributed by atoms with Gasteiger partial charge >= 0.3 is 0 Å². The molecule has 2 heterocycles. The van der Waals surface area contributed by atoms with E-state index in [1.54, 1.807) is 18.2 Å². The lowest BCUT2D eigenvalue weighted by molar-refractivity contribution is -0.384. The molecule has 10 nitrogen and oxygen atoms in total. The first-order chi connectivity index (χ1) is 19.3. The zero-order valence-electron chi connectivity index (χ0n) is 22.2. The fraction of sp³-hybridized carbons (Fsp3) is 0.276. The summed E-state index contributed by atoms with van der Waals surface area (Å²) in [6, 6.07) is 17.7. The third-order valence-electron chi connectivity index (χ3n) is 7.00. The van der Waals surface area contributed by atoms with Crippen molar-refractivity contribution in [3.63, 3.8) is 0 Å². The van der Waals surface area contributed by atoms with Crippen LogP contribution in [0.15, 0.2) is 65.1 Å². The number of anilines is 2. The first-order valence-corrected chi connectivity index (χ1v) is 13.5. The van der Waals surface area contributed by atoms with Crippen molar-refractivity contribution in [2.24, 2.45) is 0 Å². The van der Waals surface area contributed by atoms with E-state index in [4.69, 9.17) is 21.4 Å². The lowest BCUT2D eigenvalue weighted by Crippen LogP contribution is -2.39. The molecule has 1 saturated heterocycles. The van der Waals surface area contributed by atoms with Gasteiger partial charge in [-0.2, -0.15) is 0 Å². The van der Waals surface area contributed by atoms with Crippen LogP contribution in [0.3, 0.4) is 0 Å². The van der Waals surface area contributed by atoms with E-state index in [1.165, 1.54) is 17.7 Å². The van der Waals surface area contributed by atoms with Crippen LogP contribution in [0, 0.1) is 10.1 Å². The molecule has 0 saturated carbocycles. The molecule has 4 aromatic rings. The van der Waals surface area contributed by atoms with Gasteiger partial charge in [0.25, 0.3) is 11.6 Å². The van der Waals surface area contributed by atoms with Gasteiger partial charge in [-0.15, -0.1) is 0 Å². The molecule has 11 heteroatoms. The number of ether oxygens (including phenoxy) is 1. The van der Waals surface area contributed by atoms with Gasteiger partial charge in [-0.1, -0.05) is 19.9 Å². The molecule has 0 radical (unpaired) electrons. The van der Waals surface area contributed by atoms with E-state index in [1.807, 2.05) is 23.1 Å². The van der Waals surface area contributed by atoms with Gasteiger partial charge in [0.1, 0.15) is 5.52 Å².